The number of aryl methyl sites for hydroxylation is 1. The van der Waals surface area contributed by atoms with Crippen LogP contribution in [0.15, 0.2) is 36.4 Å². The number of alkyl halides is 3. The van der Waals surface area contributed by atoms with Crippen LogP contribution >= 0.6 is 0 Å². The SMILES string of the molecule is Cc1cccc(-c2ccc(F)c(C(F)(F)F)c2)c1C. The highest BCUT2D eigenvalue weighted by molar-refractivity contribution is 5.69. The number of hydrogen-bond acceptors (Lipinski definition) is 0. The highest BCUT2D eigenvalue weighted by atomic mass is 19.4. The molecule has 0 atom stereocenters. The van der Waals surface area contributed by atoms with E-state index in [1.54, 1.807) is 12.1 Å². The molecule has 0 spiro atoms. The van der Waals surface area contributed by atoms with Crippen molar-refractivity contribution in [2.45, 2.75) is 20.0 Å². The van der Waals surface area contributed by atoms with Crippen molar-refractivity contribution in [2.75, 3.05) is 0 Å². The van der Waals surface area contributed by atoms with Crippen LogP contribution in [0.3, 0.4) is 0 Å². The first-order valence-electron chi connectivity index (χ1n) is 5.74. The molecule has 0 fully saturated rings. The van der Waals surface area contributed by atoms with Crippen molar-refractivity contribution in [3.05, 3.63) is 58.9 Å². The summed E-state index contributed by atoms with van der Waals surface area (Å²) in [6.45, 7) is 3.72. The van der Waals surface area contributed by atoms with Gasteiger partial charge in [0, 0.05) is 0 Å². The molecule has 0 aliphatic rings. The predicted molar refractivity (Wildman–Crippen MR) is 66.3 cm³/mol. The van der Waals surface area contributed by atoms with Crippen LogP contribution in [0.5, 0.6) is 0 Å². The van der Waals surface area contributed by atoms with E-state index < -0.39 is 17.6 Å². The summed E-state index contributed by atoms with van der Waals surface area (Å²) in [5.41, 5.74) is 1.70. The van der Waals surface area contributed by atoms with Gasteiger partial charge in [0.15, 0.2) is 0 Å². The monoisotopic (exact) mass is 268 g/mol. The Bertz CT molecular complexity index is 612. The van der Waals surface area contributed by atoms with E-state index in [1.165, 1.54) is 6.07 Å². The second-order valence-corrected chi connectivity index (χ2v) is 4.44. The highest BCUT2D eigenvalue weighted by Crippen LogP contribution is 2.35. The largest absolute Gasteiger partial charge is 0.419 e. The third-order valence-corrected chi connectivity index (χ3v) is 3.19. The summed E-state index contributed by atoms with van der Waals surface area (Å²) in [5, 5.41) is 0. The second kappa shape index (κ2) is 4.68. The van der Waals surface area contributed by atoms with E-state index in [0.717, 1.165) is 23.3 Å². The Hall–Kier alpha value is -1.84. The van der Waals surface area contributed by atoms with Gasteiger partial charge in [-0.1, -0.05) is 24.3 Å². The molecule has 0 saturated carbocycles. The van der Waals surface area contributed by atoms with Gasteiger partial charge >= 0.3 is 6.18 Å². The Balaban J connectivity index is 2.62. The number of benzene rings is 2. The normalized spacial score (nSPS) is 11.7. The lowest BCUT2D eigenvalue weighted by Crippen LogP contribution is -2.08. The molecule has 0 nitrogen and oxygen atoms in total. The molecule has 19 heavy (non-hydrogen) atoms. The number of hydrogen-bond donors (Lipinski definition) is 0. The molecule has 0 amide bonds. The maximum absolute atomic E-state index is 13.2. The summed E-state index contributed by atoms with van der Waals surface area (Å²) in [4.78, 5) is 0. The van der Waals surface area contributed by atoms with Crippen LogP contribution < -0.4 is 0 Å². The van der Waals surface area contributed by atoms with Crippen LogP contribution in [-0.2, 0) is 6.18 Å². The van der Waals surface area contributed by atoms with Crippen molar-refractivity contribution in [3.8, 4) is 11.1 Å². The lowest BCUT2D eigenvalue weighted by Gasteiger charge is -2.12. The Morgan fingerprint density at radius 3 is 2.26 bits per heavy atom. The molecule has 0 aliphatic heterocycles. The average Bonchev–Trinajstić information content (AvgIpc) is 2.32. The van der Waals surface area contributed by atoms with E-state index in [0.29, 0.717) is 11.1 Å². The summed E-state index contributed by atoms with van der Waals surface area (Å²) >= 11 is 0. The van der Waals surface area contributed by atoms with Crippen molar-refractivity contribution >= 4 is 0 Å². The van der Waals surface area contributed by atoms with E-state index in [1.807, 2.05) is 19.9 Å². The lowest BCUT2D eigenvalue weighted by molar-refractivity contribution is -0.139. The van der Waals surface area contributed by atoms with Gasteiger partial charge in [0.05, 0.1) is 5.56 Å². The molecule has 0 saturated heterocycles. The standard InChI is InChI=1S/C15H12F4/c1-9-4-3-5-12(10(9)2)11-6-7-14(16)13(8-11)15(17,18)19/h3-8H,1-2H3. The summed E-state index contributed by atoms with van der Waals surface area (Å²) in [5.74, 6) is -1.25. The van der Waals surface area contributed by atoms with Crippen LogP contribution in [-0.4, -0.2) is 0 Å². The first-order chi connectivity index (χ1) is 8.80. The Morgan fingerprint density at radius 2 is 1.63 bits per heavy atom. The highest BCUT2D eigenvalue weighted by Gasteiger charge is 2.34. The average molecular weight is 268 g/mol. The third kappa shape index (κ3) is 2.62. The minimum Gasteiger partial charge on any atom is -0.206 e. The molecule has 100 valence electrons. The van der Waals surface area contributed by atoms with Gasteiger partial charge in [0.1, 0.15) is 5.82 Å². The molecule has 0 unspecified atom stereocenters. The zero-order valence-corrected chi connectivity index (χ0v) is 10.5. The first-order valence-corrected chi connectivity index (χ1v) is 5.74. The number of rotatable bonds is 1. The summed E-state index contributed by atoms with van der Waals surface area (Å²) < 4.78 is 51.3. The minimum absolute atomic E-state index is 0.370. The molecule has 0 bridgehead atoms. The summed E-state index contributed by atoms with van der Waals surface area (Å²) in [6, 6.07) is 8.47. The van der Waals surface area contributed by atoms with Crippen molar-refractivity contribution in [2.24, 2.45) is 0 Å². The molecular weight excluding hydrogens is 256 g/mol. The van der Waals surface area contributed by atoms with Crippen LogP contribution in [0, 0.1) is 19.7 Å². The zero-order valence-electron chi connectivity index (χ0n) is 10.5. The van der Waals surface area contributed by atoms with Crippen LogP contribution in [0.4, 0.5) is 17.6 Å². The topological polar surface area (TPSA) is 0 Å². The smallest absolute Gasteiger partial charge is 0.206 e. The van der Waals surface area contributed by atoms with Gasteiger partial charge in [-0.15, -0.1) is 0 Å². The van der Waals surface area contributed by atoms with Gasteiger partial charge in [0.2, 0.25) is 0 Å². The second-order valence-electron chi connectivity index (χ2n) is 4.44. The van der Waals surface area contributed by atoms with E-state index in [2.05, 4.69) is 0 Å². The molecule has 0 aromatic heterocycles. The van der Waals surface area contributed by atoms with Crippen LogP contribution in [0.2, 0.25) is 0 Å². The van der Waals surface area contributed by atoms with Gasteiger partial charge in [-0.3, -0.25) is 0 Å². The third-order valence-electron chi connectivity index (χ3n) is 3.19. The van der Waals surface area contributed by atoms with Crippen molar-refractivity contribution < 1.29 is 17.6 Å². The summed E-state index contributed by atoms with van der Waals surface area (Å²) in [7, 11) is 0. The molecule has 0 heterocycles. The van der Waals surface area contributed by atoms with Crippen molar-refractivity contribution in [1.82, 2.24) is 0 Å². The van der Waals surface area contributed by atoms with Gasteiger partial charge in [-0.2, -0.15) is 13.2 Å². The Kier molecular flexibility index (Phi) is 3.35. The molecule has 2 aromatic rings. The Labute approximate surface area is 108 Å². The Morgan fingerprint density at radius 1 is 0.947 bits per heavy atom. The van der Waals surface area contributed by atoms with E-state index >= 15 is 0 Å². The predicted octanol–water partition coefficient (Wildman–Crippen LogP) is 5.13. The van der Waals surface area contributed by atoms with Crippen LogP contribution in [0.1, 0.15) is 16.7 Å². The van der Waals surface area contributed by atoms with Crippen molar-refractivity contribution in [3.63, 3.8) is 0 Å². The number of halogens is 4. The molecule has 0 radical (unpaired) electrons. The first kappa shape index (κ1) is 13.6. The van der Waals surface area contributed by atoms with E-state index in [9.17, 15) is 17.6 Å². The summed E-state index contributed by atoms with van der Waals surface area (Å²) in [6.07, 6.45) is -4.68. The van der Waals surface area contributed by atoms with Crippen molar-refractivity contribution in [1.29, 1.82) is 0 Å². The maximum Gasteiger partial charge on any atom is 0.419 e. The van der Waals surface area contributed by atoms with E-state index in [-0.39, 0.29) is 0 Å². The fraction of sp³-hybridized carbons (Fsp3) is 0.200. The van der Waals surface area contributed by atoms with Crippen LogP contribution in [0.25, 0.3) is 11.1 Å². The quantitative estimate of drug-likeness (QED) is 0.629. The molecular formula is C15H12F4. The maximum atomic E-state index is 13.2. The fourth-order valence-electron chi connectivity index (χ4n) is 1.97. The van der Waals surface area contributed by atoms with E-state index in [4.69, 9.17) is 0 Å². The van der Waals surface area contributed by atoms with Gasteiger partial charge in [-0.05, 0) is 48.2 Å². The molecule has 2 aromatic carbocycles. The van der Waals surface area contributed by atoms with Gasteiger partial charge in [-0.25, -0.2) is 4.39 Å². The lowest BCUT2D eigenvalue weighted by atomic mass is 9.96. The van der Waals surface area contributed by atoms with Gasteiger partial charge in [0.25, 0.3) is 0 Å². The zero-order chi connectivity index (χ0) is 14.2. The fourth-order valence-corrected chi connectivity index (χ4v) is 1.97. The van der Waals surface area contributed by atoms with Gasteiger partial charge < -0.3 is 0 Å². The molecule has 2 rings (SSSR count). The minimum atomic E-state index is -4.68. The molecule has 0 aliphatic carbocycles. The molecule has 0 N–H and O–H groups in total. The molecule has 4 heteroatoms.